The summed E-state index contributed by atoms with van der Waals surface area (Å²) in [6.07, 6.45) is 0.969. The number of aliphatic hydroxyl groups is 1. The Bertz CT molecular complexity index is 646. The van der Waals surface area contributed by atoms with E-state index in [9.17, 15) is 9.90 Å². The van der Waals surface area contributed by atoms with Gasteiger partial charge in [-0.15, -0.1) is 0 Å². The fourth-order valence-electron chi connectivity index (χ4n) is 3.92. The Morgan fingerprint density at radius 3 is 2.63 bits per heavy atom. The van der Waals surface area contributed by atoms with E-state index in [4.69, 9.17) is 14.2 Å². The number of amides is 1. The number of nitrogens with one attached hydrogen (secondary N) is 1. The first-order chi connectivity index (χ1) is 12.9. The van der Waals surface area contributed by atoms with E-state index in [1.165, 1.54) is 5.56 Å². The number of hydrogen-bond acceptors (Lipinski definition) is 5. The summed E-state index contributed by atoms with van der Waals surface area (Å²) in [5.74, 6) is 0.344. The van der Waals surface area contributed by atoms with Gasteiger partial charge in [-0.1, -0.05) is 6.92 Å². The second-order valence-electron chi connectivity index (χ2n) is 7.27. The van der Waals surface area contributed by atoms with Crippen molar-refractivity contribution in [3.8, 4) is 5.75 Å². The van der Waals surface area contributed by atoms with E-state index in [0.29, 0.717) is 26.4 Å². The average molecular weight is 379 g/mol. The molecule has 0 heterocycles. The van der Waals surface area contributed by atoms with Crippen molar-refractivity contribution < 1.29 is 24.1 Å². The average Bonchev–Trinajstić information content (AvgIpc) is 2.65. The largest absolute Gasteiger partial charge is 0.491 e. The Hall–Kier alpha value is -1.63. The van der Waals surface area contributed by atoms with Crippen molar-refractivity contribution in [1.29, 1.82) is 0 Å². The SMILES string of the molecule is COCCNC(=O)[C@@H](C)[C@H]1CCc2c(C)cc(OCCOC)c(C)c2[C@@H]1O. The van der Waals surface area contributed by atoms with Gasteiger partial charge in [0.1, 0.15) is 12.4 Å². The Morgan fingerprint density at radius 2 is 1.96 bits per heavy atom. The quantitative estimate of drug-likeness (QED) is 0.644. The van der Waals surface area contributed by atoms with Crippen LogP contribution < -0.4 is 10.1 Å². The van der Waals surface area contributed by atoms with Crippen LogP contribution in [0.4, 0.5) is 0 Å². The number of hydrogen-bond donors (Lipinski definition) is 2. The fraction of sp³-hybridized carbons (Fsp3) is 0.667. The lowest BCUT2D eigenvalue weighted by Gasteiger charge is -2.36. The molecule has 1 aliphatic carbocycles. The molecule has 6 heteroatoms. The van der Waals surface area contributed by atoms with Gasteiger partial charge < -0.3 is 24.6 Å². The number of methoxy groups -OCH3 is 2. The maximum atomic E-state index is 12.5. The summed E-state index contributed by atoms with van der Waals surface area (Å²) >= 11 is 0. The highest BCUT2D eigenvalue weighted by atomic mass is 16.5. The monoisotopic (exact) mass is 379 g/mol. The van der Waals surface area contributed by atoms with Crippen LogP contribution in [-0.2, 0) is 20.7 Å². The van der Waals surface area contributed by atoms with Crippen molar-refractivity contribution in [2.75, 3.05) is 40.6 Å². The molecule has 2 N–H and O–H groups in total. The maximum absolute atomic E-state index is 12.5. The molecule has 0 aromatic heterocycles. The predicted octanol–water partition coefficient (Wildman–Crippen LogP) is 2.32. The number of carbonyl (C=O) groups excluding carboxylic acids is 1. The zero-order chi connectivity index (χ0) is 20.0. The lowest BCUT2D eigenvalue weighted by molar-refractivity contribution is -0.128. The number of fused-ring (bicyclic) bond motifs is 1. The second kappa shape index (κ2) is 10.1. The molecule has 27 heavy (non-hydrogen) atoms. The van der Waals surface area contributed by atoms with Gasteiger partial charge in [0.15, 0.2) is 0 Å². The zero-order valence-electron chi connectivity index (χ0n) is 17.1. The van der Waals surface area contributed by atoms with E-state index in [-0.39, 0.29) is 17.7 Å². The number of aryl methyl sites for hydroxylation is 1. The normalized spacial score (nSPS) is 20.1. The van der Waals surface area contributed by atoms with E-state index in [1.54, 1.807) is 14.2 Å². The van der Waals surface area contributed by atoms with Gasteiger partial charge in [0.2, 0.25) is 5.91 Å². The van der Waals surface area contributed by atoms with Crippen LogP contribution in [-0.4, -0.2) is 51.6 Å². The number of carbonyl (C=O) groups is 1. The molecular formula is C21H33NO5. The van der Waals surface area contributed by atoms with Gasteiger partial charge in [-0.05, 0) is 55.0 Å². The van der Waals surface area contributed by atoms with Gasteiger partial charge in [0.25, 0.3) is 0 Å². The predicted molar refractivity (Wildman–Crippen MR) is 104 cm³/mol. The number of aliphatic hydroxyl groups excluding tert-OH is 1. The molecule has 0 aliphatic heterocycles. The Kier molecular flexibility index (Phi) is 8.07. The van der Waals surface area contributed by atoms with Crippen molar-refractivity contribution in [2.24, 2.45) is 11.8 Å². The third kappa shape index (κ3) is 5.00. The highest BCUT2D eigenvalue weighted by Gasteiger charge is 2.37. The summed E-state index contributed by atoms with van der Waals surface area (Å²) in [5.41, 5.74) is 4.19. The third-order valence-electron chi connectivity index (χ3n) is 5.56. The molecule has 152 valence electrons. The molecule has 1 amide bonds. The minimum Gasteiger partial charge on any atom is -0.491 e. The Labute approximate surface area is 162 Å². The third-order valence-corrected chi connectivity index (χ3v) is 5.56. The topological polar surface area (TPSA) is 77.0 Å². The molecule has 1 aromatic rings. The molecule has 1 aliphatic rings. The Morgan fingerprint density at radius 1 is 1.26 bits per heavy atom. The molecular weight excluding hydrogens is 346 g/mol. The van der Waals surface area contributed by atoms with Gasteiger partial charge >= 0.3 is 0 Å². The molecule has 0 bridgehead atoms. The molecule has 0 spiro atoms. The number of rotatable bonds is 9. The van der Waals surface area contributed by atoms with Gasteiger partial charge in [0, 0.05) is 32.6 Å². The van der Waals surface area contributed by atoms with Crippen LogP contribution in [0.2, 0.25) is 0 Å². The standard InChI is InChI=1S/C21H33NO5/c1-13-12-18(27-11-10-26-5)15(3)19-16(13)6-7-17(20(19)23)14(2)21(24)22-8-9-25-4/h12,14,17,20,23H,6-11H2,1-5H3,(H,22,24)/t14-,17+,20+/m0/s1. The molecule has 6 nitrogen and oxygen atoms in total. The van der Waals surface area contributed by atoms with E-state index < -0.39 is 6.10 Å². The minimum atomic E-state index is -0.679. The molecule has 0 radical (unpaired) electrons. The van der Waals surface area contributed by atoms with E-state index in [0.717, 1.165) is 35.3 Å². The minimum absolute atomic E-state index is 0.0403. The first-order valence-electron chi connectivity index (χ1n) is 9.61. The highest BCUT2D eigenvalue weighted by molar-refractivity contribution is 5.78. The van der Waals surface area contributed by atoms with Crippen molar-refractivity contribution in [3.63, 3.8) is 0 Å². The van der Waals surface area contributed by atoms with Crippen LogP contribution in [0.15, 0.2) is 6.07 Å². The van der Waals surface area contributed by atoms with Crippen LogP contribution in [0, 0.1) is 25.7 Å². The second-order valence-corrected chi connectivity index (χ2v) is 7.27. The summed E-state index contributed by atoms with van der Waals surface area (Å²) in [4.78, 5) is 12.5. The van der Waals surface area contributed by atoms with Crippen molar-refractivity contribution >= 4 is 5.91 Å². The Balaban J connectivity index is 2.21. The van der Waals surface area contributed by atoms with Crippen molar-refractivity contribution in [3.05, 3.63) is 28.3 Å². The molecule has 2 rings (SSSR count). The van der Waals surface area contributed by atoms with Crippen LogP contribution in [0.3, 0.4) is 0 Å². The first-order valence-corrected chi connectivity index (χ1v) is 9.61. The maximum Gasteiger partial charge on any atom is 0.223 e. The fourth-order valence-corrected chi connectivity index (χ4v) is 3.92. The summed E-state index contributed by atoms with van der Waals surface area (Å²) in [7, 11) is 3.25. The van der Waals surface area contributed by atoms with Crippen LogP contribution in [0.5, 0.6) is 5.75 Å². The van der Waals surface area contributed by atoms with Gasteiger partial charge in [-0.25, -0.2) is 0 Å². The molecule has 0 fully saturated rings. The van der Waals surface area contributed by atoms with E-state index in [2.05, 4.69) is 12.2 Å². The van der Waals surface area contributed by atoms with Crippen molar-refractivity contribution in [2.45, 2.75) is 39.7 Å². The van der Waals surface area contributed by atoms with E-state index in [1.807, 2.05) is 19.9 Å². The first kappa shape index (κ1) is 21.7. The van der Waals surface area contributed by atoms with Crippen LogP contribution in [0.25, 0.3) is 0 Å². The van der Waals surface area contributed by atoms with Crippen molar-refractivity contribution in [1.82, 2.24) is 5.32 Å². The lowest BCUT2D eigenvalue weighted by atomic mass is 9.72. The summed E-state index contributed by atoms with van der Waals surface area (Å²) in [6.45, 7) is 7.86. The molecule has 1 aromatic carbocycles. The van der Waals surface area contributed by atoms with Gasteiger partial charge in [-0.3, -0.25) is 4.79 Å². The molecule has 0 unspecified atom stereocenters. The molecule has 0 saturated heterocycles. The highest BCUT2D eigenvalue weighted by Crippen LogP contribution is 2.43. The zero-order valence-corrected chi connectivity index (χ0v) is 17.1. The van der Waals surface area contributed by atoms with Crippen LogP contribution in [0.1, 0.15) is 41.7 Å². The molecule has 0 saturated carbocycles. The summed E-state index contributed by atoms with van der Waals surface area (Å²) in [6, 6.07) is 2.04. The summed E-state index contributed by atoms with van der Waals surface area (Å²) < 4.78 is 15.9. The summed E-state index contributed by atoms with van der Waals surface area (Å²) in [5, 5.41) is 14.0. The van der Waals surface area contributed by atoms with Gasteiger partial charge in [0.05, 0.1) is 19.3 Å². The van der Waals surface area contributed by atoms with E-state index >= 15 is 0 Å². The van der Waals surface area contributed by atoms with Gasteiger partial charge in [-0.2, -0.15) is 0 Å². The smallest absolute Gasteiger partial charge is 0.223 e. The van der Waals surface area contributed by atoms with Crippen LogP contribution >= 0.6 is 0 Å². The number of ether oxygens (including phenoxy) is 3. The number of benzene rings is 1. The lowest BCUT2D eigenvalue weighted by Crippen LogP contribution is -2.39. The molecule has 3 atom stereocenters.